The third-order valence-electron chi connectivity index (χ3n) is 4.98. The number of likely N-dealkylation sites (tertiary alicyclic amines) is 1. The second kappa shape index (κ2) is 8.23. The van der Waals surface area contributed by atoms with Crippen LogP contribution in [0.4, 0.5) is 10.8 Å². The Morgan fingerprint density at radius 3 is 2.89 bits per heavy atom. The van der Waals surface area contributed by atoms with Crippen molar-refractivity contribution in [1.82, 2.24) is 9.88 Å². The first kappa shape index (κ1) is 19.4. The number of hydrogen-bond donors (Lipinski definition) is 2. The summed E-state index contributed by atoms with van der Waals surface area (Å²) in [6.07, 6.45) is 1.29. The molecule has 0 bridgehead atoms. The molecule has 2 aliphatic rings. The third kappa shape index (κ3) is 4.56. The number of rotatable bonds is 4. The molecule has 2 unspecified atom stereocenters. The summed E-state index contributed by atoms with van der Waals surface area (Å²) >= 11 is 2.93. The number of amides is 2. The number of hydrogen-bond acceptors (Lipinski definition) is 6. The van der Waals surface area contributed by atoms with Crippen LogP contribution in [0.2, 0.25) is 0 Å². The molecule has 3 heterocycles. The summed E-state index contributed by atoms with van der Waals surface area (Å²) < 4.78 is 0. The molecule has 8 heteroatoms. The SMILES string of the molecule is CC1CC(C)CN(Cc2csc(NC(=O)c3ccc4c(c3)NC(=O)CS4)n2)C1. The van der Waals surface area contributed by atoms with Crippen LogP contribution < -0.4 is 10.6 Å². The number of thioether (sulfide) groups is 1. The summed E-state index contributed by atoms with van der Waals surface area (Å²) in [5.74, 6) is 1.58. The molecule has 6 nitrogen and oxygen atoms in total. The number of thiazole rings is 1. The first-order valence-corrected chi connectivity index (χ1v) is 11.4. The molecule has 0 saturated carbocycles. The van der Waals surface area contributed by atoms with Crippen molar-refractivity contribution in [2.45, 2.75) is 31.7 Å². The highest BCUT2D eigenvalue weighted by Gasteiger charge is 2.23. The second-order valence-electron chi connectivity index (χ2n) is 7.79. The molecule has 2 aliphatic heterocycles. The van der Waals surface area contributed by atoms with Gasteiger partial charge in [-0.2, -0.15) is 0 Å². The van der Waals surface area contributed by atoms with E-state index in [9.17, 15) is 9.59 Å². The number of carbonyl (C=O) groups excluding carboxylic acids is 2. The fourth-order valence-electron chi connectivity index (χ4n) is 3.98. The summed E-state index contributed by atoms with van der Waals surface area (Å²) in [4.78, 5) is 32.2. The van der Waals surface area contributed by atoms with E-state index in [1.165, 1.54) is 29.5 Å². The van der Waals surface area contributed by atoms with Gasteiger partial charge in [-0.3, -0.25) is 19.8 Å². The van der Waals surface area contributed by atoms with Gasteiger partial charge in [-0.25, -0.2) is 4.98 Å². The quantitative estimate of drug-likeness (QED) is 0.790. The number of piperidine rings is 1. The number of nitrogens with zero attached hydrogens (tertiary/aromatic N) is 2. The normalized spacial score (nSPS) is 22.4. The molecule has 28 heavy (non-hydrogen) atoms. The number of anilines is 2. The smallest absolute Gasteiger partial charge is 0.257 e. The second-order valence-corrected chi connectivity index (χ2v) is 9.66. The number of carbonyl (C=O) groups is 2. The number of nitrogens with one attached hydrogen (secondary N) is 2. The maximum absolute atomic E-state index is 12.6. The summed E-state index contributed by atoms with van der Waals surface area (Å²) in [5, 5.41) is 8.32. The molecule has 1 aromatic heterocycles. The first-order chi connectivity index (χ1) is 13.5. The van der Waals surface area contributed by atoms with Gasteiger partial charge in [0.25, 0.3) is 5.91 Å². The lowest BCUT2D eigenvalue weighted by atomic mass is 9.92. The van der Waals surface area contributed by atoms with E-state index in [1.807, 2.05) is 11.4 Å². The highest BCUT2D eigenvalue weighted by Crippen LogP contribution is 2.32. The van der Waals surface area contributed by atoms with Gasteiger partial charge in [0.2, 0.25) is 5.91 Å². The van der Waals surface area contributed by atoms with Crippen LogP contribution in [0.3, 0.4) is 0 Å². The lowest BCUT2D eigenvalue weighted by Crippen LogP contribution is -2.38. The summed E-state index contributed by atoms with van der Waals surface area (Å²) in [7, 11) is 0. The fourth-order valence-corrected chi connectivity index (χ4v) is 5.47. The van der Waals surface area contributed by atoms with Crippen molar-refractivity contribution in [3.05, 3.63) is 34.8 Å². The molecule has 4 rings (SSSR count). The van der Waals surface area contributed by atoms with E-state index in [4.69, 9.17) is 0 Å². The number of fused-ring (bicyclic) bond motifs is 1. The maximum Gasteiger partial charge on any atom is 0.257 e. The van der Waals surface area contributed by atoms with Crippen LogP contribution in [-0.4, -0.2) is 40.5 Å². The van der Waals surface area contributed by atoms with Gasteiger partial charge in [-0.05, 0) is 36.5 Å². The van der Waals surface area contributed by atoms with Crippen molar-refractivity contribution in [2.24, 2.45) is 11.8 Å². The molecule has 1 aromatic carbocycles. The Balaban J connectivity index is 1.39. The van der Waals surface area contributed by atoms with E-state index in [0.29, 0.717) is 34.0 Å². The number of aromatic nitrogens is 1. The minimum Gasteiger partial charge on any atom is -0.324 e. The van der Waals surface area contributed by atoms with Gasteiger partial charge in [0, 0.05) is 35.5 Å². The molecule has 0 aliphatic carbocycles. The largest absolute Gasteiger partial charge is 0.324 e. The molecule has 0 spiro atoms. The molecule has 2 atom stereocenters. The summed E-state index contributed by atoms with van der Waals surface area (Å²) in [6, 6.07) is 5.38. The highest BCUT2D eigenvalue weighted by molar-refractivity contribution is 8.00. The zero-order chi connectivity index (χ0) is 19.7. The molecule has 2 amide bonds. The Kier molecular flexibility index (Phi) is 5.70. The Morgan fingerprint density at radius 2 is 2.11 bits per heavy atom. The van der Waals surface area contributed by atoms with Crippen molar-refractivity contribution in [2.75, 3.05) is 29.5 Å². The molecule has 1 saturated heterocycles. The van der Waals surface area contributed by atoms with Crippen molar-refractivity contribution in [1.29, 1.82) is 0 Å². The average molecular weight is 417 g/mol. The molecule has 148 valence electrons. The van der Waals surface area contributed by atoms with Crippen molar-refractivity contribution in [3.63, 3.8) is 0 Å². The van der Waals surface area contributed by atoms with Crippen LogP contribution in [0, 0.1) is 11.8 Å². The van der Waals surface area contributed by atoms with E-state index < -0.39 is 0 Å². The van der Waals surface area contributed by atoms with Crippen molar-refractivity contribution >= 4 is 45.7 Å². The lowest BCUT2D eigenvalue weighted by Gasteiger charge is -2.34. The zero-order valence-corrected chi connectivity index (χ0v) is 17.7. The zero-order valence-electron chi connectivity index (χ0n) is 16.0. The van der Waals surface area contributed by atoms with Gasteiger partial charge in [-0.15, -0.1) is 23.1 Å². The Hall–Kier alpha value is -1.90. The maximum atomic E-state index is 12.6. The standard InChI is InChI=1S/C20H24N4O2S2/c1-12-5-13(2)8-24(7-12)9-15-10-28-20(21-15)23-19(26)14-3-4-17-16(6-14)22-18(25)11-27-17/h3-4,6,10,12-13H,5,7-9,11H2,1-2H3,(H,22,25)(H,21,23,26). The Morgan fingerprint density at radius 1 is 1.32 bits per heavy atom. The molecule has 2 N–H and O–H groups in total. The van der Waals surface area contributed by atoms with Crippen LogP contribution in [0.15, 0.2) is 28.5 Å². The minimum atomic E-state index is -0.214. The monoisotopic (exact) mass is 416 g/mol. The molecule has 1 fully saturated rings. The van der Waals surface area contributed by atoms with Gasteiger partial charge in [-0.1, -0.05) is 13.8 Å². The molecule has 0 radical (unpaired) electrons. The molecular formula is C20H24N4O2S2. The van der Waals surface area contributed by atoms with Crippen LogP contribution in [0.25, 0.3) is 0 Å². The van der Waals surface area contributed by atoms with E-state index in [-0.39, 0.29) is 11.8 Å². The van der Waals surface area contributed by atoms with E-state index in [0.717, 1.165) is 30.2 Å². The van der Waals surface area contributed by atoms with E-state index in [2.05, 4.69) is 34.4 Å². The van der Waals surface area contributed by atoms with Crippen LogP contribution in [0.1, 0.15) is 36.3 Å². The topological polar surface area (TPSA) is 74.3 Å². The Bertz CT molecular complexity index is 888. The van der Waals surface area contributed by atoms with Crippen molar-refractivity contribution in [3.8, 4) is 0 Å². The van der Waals surface area contributed by atoms with E-state index >= 15 is 0 Å². The summed E-state index contributed by atoms with van der Waals surface area (Å²) in [5.41, 5.74) is 2.20. The average Bonchev–Trinajstić information content (AvgIpc) is 3.06. The third-order valence-corrected chi connectivity index (χ3v) is 6.86. The van der Waals surface area contributed by atoms with Gasteiger partial charge < -0.3 is 5.32 Å². The van der Waals surface area contributed by atoms with E-state index in [1.54, 1.807) is 12.1 Å². The van der Waals surface area contributed by atoms with Gasteiger partial charge >= 0.3 is 0 Å². The predicted molar refractivity (Wildman–Crippen MR) is 114 cm³/mol. The predicted octanol–water partition coefficient (Wildman–Crippen LogP) is 3.92. The fraction of sp³-hybridized carbons (Fsp3) is 0.450. The molecule has 2 aromatic rings. The number of benzene rings is 1. The van der Waals surface area contributed by atoms with Gasteiger partial charge in [0.05, 0.1) is 17.1 Å². The van der Waals surface area contributed by atoms with Crippen LogP contribution >= 0.6 is 23.1 Å². The molecular weight excluding hydrogens is 392 g/mol. The van der Waals surface area contributed by atoms with Gasteiger partial charge in [0.15, 0.2) is 5.13 Å². The van der Waals surface area contributed by atoms with Crippen LogP contribution in [-0.2, 0) is 11.3 Å². The van der Waals surface area contributed by atoms with Gasteiger partial charge in [0.1, 0.15) is 0 Å². The minimum absolute atomic E-state index is 0.0408. The summed E-state index contributed by atoms with van der Waals surface area (Å²) in [6.45, 7) is 7.62. The van der Waals surface area contributed by atoms with Crippen molar-refractivity contribution < 1.29 is 9.59 Å². The lowest BCUT2D eigenvalue weighted by molar-refractivity contribution is -0.113. The van der Waals surface area contributed by atoms with Crippen LogP contribution in [0.5, 0.6) is 0 Å². The highest BCUT2D eigenvalue weighted by atomic mass is 32.2. The Labute approximate surface area is 173 Å². The first-order valence-electron chi connectivity index (χ1n) is 9.51.